The molecule has 1 aromatic heterocycles. The van der Waals surface area contributed by atoms with Crippen molar-refractivity contribution in [1.82, 2.24) is 5.43 Å². The number of fused-ring (bicyclic) bond motifs is 1. The molecule has 32 heavy (non-hydrogen) atoms. The minimum atomic E-state index is -0.582. The zero-order valence-corrected chi connectivity index (χ0v) is 18.1. The number of carbonyl (C=O) groups is 1. The second-order valence-corrected chi connectivity index (χ2v) is 7.66. The molecule has 0 aliphatic heterocycles. The molecule has 0 fully saturated rings. The van der Waals surface area contributed by atoms with Crippen LogP contribution in [0.1, 0.15) is 21.7 Å². The van der Waals surface area contributed by atoms with Gasteiger partial charge in [-0.15, -0.1) is 0 Å². The van der Waals surface area contributed by atoms with Gasteiger partial charge in [-0.3, -0.25) is 14.9 Å². The number of nitrogens with one attached hydrogen (secondary N) is 1. The number of nitrogens with zero attached hydrogens (tertiary/aromatic N) is 2. The number of hydrogen-bond donors (Lipinski definition) is 1. The molecule has 0 saturated carbocycles. The maximum absolute atomic E-state index is 12.4. The molecule has 1 amide bonds. The van der Waals surface area contributed by atoms with Gasteiger partial charge in [0.1, 0.15) is 17.9 Å². The first-order valence-corrected chi connectivity index (χ1v) is 10.3. The fraction of sp³-hybridized carbons (Fsp3) is 0.0435. The number of halogens is 1. The number of furan rings is 1. The van der Waals surface area contributed by atoms with E-state index in [0.717, 1.165) is 10.0 Å². The number of benzene rings is 3. The van der Waals surface area contributed by atoms with Crippen molar-refractivity contribution < 1.29 is 18.9 Å². The second-order valence-electron chi connectivity index (χ2n) is 6.75. The van der Waals surface area contributed by atoms with Gasteiger partial charge in [0.05, 0.1) is 11.1 Å². The average molecular weight is 494 g/mol. The van der Waals surface area contributed by atoms with E-state index >= 15 is 0 Å². The zero-order chi connectivity index (χ0) is 22.5. The minimum absolute atomic E-state index is 0.00700. The van der Waals surface area contributed by atoms with Crippen LogP contribution < -0.4 is 10.2 Å². The van der Waals surface area contributed by atoms with Gasteiger partial charge < -0.3 is 9.15 Å². The molecule has 0 bridgehead atoms. The second kappa shape index (κ2) is 9.44. The first kappa shape index (κ1) is 21.3. The Morgan fingerprint density at radius 2 is 1.94 bits per heavy atom. The standard InChI is InChI=1S/C23H16BrN3O5/c24-18-6-8-20(31-14-15-4-2-1-3-5-15)17(10-18)13-25-26-23(28)22-12-16-11-19(27(29)30)7-9-21(16)32-22/h1-13H,14H2,(H,26,28)/b25-13-. The summed E-state index contributed by atoms with van der Waals surface area (Å²) in [4.78, 5) is 22.8. The first-order valence-electron chi connectivity index (χ1n) is 9.47. The van der Waals surface area contributed by atoms with Gasteiger partial charge in [-0.25, -0.2) is 5.43 Å². The Labute approximate surface area is 190 Å². The van der Waals surface area contributed by atoms with Crippen molar-refractivity contribution in [3.63, 3.8) is 0 Å². The molecule has 4 aromatic rings. The Balaban J connectivity index is 1.46. The molecule has 1 N–H and O–H groups in total. The molecule has 1 heterocycles. The van der Waals surface area contributed by atoms with Crippen molar-refractivity contribution in [3.8, 4) is 5.75 Å². The van der Waals surface area contributed by atoms with Crippen molar-refractivity contribution in [2.45, 2.75) is 6.61 Å². The summed E-state index contributed by atoms with van der Waals surface area (Å²) in [5.74, 6) is 0.0143. The molecule has 8 nitrogen and oxygen atoms in total. The summed E-state index contributed by atoms with van der Waals surface area (Å²) in [6, 6.07) is 20.8. The van der Waals surface area contributed by atoms with E-state index in [4.69, 9.17) is 9.15 Å². The predicted octanol–water partition coefficient (Wildman–Crippen LogP) is 5.45. The van der Waals surface area contributed by atoms with E-state index in [9.17, 15) is 14.9 Å². The normalized spacial score (nSPS) is 11.0. The summed E-state index contributed by atoms with van der Waals surface area (Å²) in [5, 5.41) is 15.4. The molecule has 0 aliphatic rings. The van der Waals surface area contributed by atoms with E-state index in [2.05, 4.69) is 26.5 Å². The predicted molar refractivity (Wildman–Crippen MR) is 123 cm³/mol. The number of amides is 1. The third kappa shape index (κ3) is 5.01. The van der Waals surface area contributed by atoms with Gasteiger partial charge >= 0.3 is 5.91 Å². The van der Waals surface area contributed by atoms with E-state index in [1.165, 1.54) is 30.5 Å². The van der Waals surface area contributed by atoms with Crippen molar-refractivity contribution in [2.75, 3.05) is 0 Å². The Kier molecular flexibility index (Phi) is 6.27. The smallest absolute Gasteiger partial charge is 0.307 e. The van der Waals surface area contributed by atoms with Crippen molar-refractivity contribution in [1.29, 1.82) is 0 Å². The number of hydrazone groups is 1. The van der Waals surface area contributed by atoms with Crippen LogP contribution in [0.3, 0.4) is 0 Å². The molecule has 4 rings (SSSR count). The van der Waals surface area contributed by atoms with Crippen LogP contribution in [-0.4, -0.2) is 17.0 Å². The van der Waals surface area contributed by atoms with E-state index in [1.54, 1.807) is 0 Å². The van der Waals surface area contributed by atoms with E-state index in [0.29, 0.717) is 28.9 Å². The fourth-order valence-corrected chi connectivity index (χ4v) is 3.34. The number of rotatable bonds is 7. The summed E-state index contributed by atoms with van der Waals surface area (Å²) < 4.78 is 12.2. The van der Waals surface area contributed by atoms with Crippen molar-refractivity contribution in [2.24, 2.45) is 5.10 Å². The monoisotopic (exact) mass is 493 g/mol. The number of nitro groups is 1. The van der Waals surface area contributed by atoms with Gasteiger partial charge in [0.25, 0.3) is 5.69 Å². The molecule has 0 atom stereocenters. The lowest BCUT2D eigenvalue weighted by Gasteiger charge is -2.09. The van der Waals surface area contributed by atoms with Gasteiger partial charge in [0.2, 0.25) is 0 Å². The van der Waals surface area contributed by atoms with Crippen molar-refractivity contribution >= 4 is 44.7 Å². The topological polar surface area (TPSA) is 107 Å². The van der Waals surface area contributed by atoms with Gasteiger partial charge in [0.15, 0.2) is 5.76 Å². The van der Waals surface area contributed by atoms with Crippen LogP contribution in [0.25, 0.3) is 11.0 Å². The Hall–Kier alpha value is -3.98. The number of ether oxygens (including phenoxy) is 1. The molecule has 0 saturated heterocycles. The SMILES string of the molecule is O=C(N/N=C\c1cc(Br)ccc1OCc1ccccc1)c1cc2cc([N+](=O)[O-])ccc2o1. The molecule has 0 radical (unpaired) electrons. The highest BCUT2D eigenvalue weighted by molar-refractivity contribution is 9.10. The van der Waals surface area contributed by atoms with Crippen LogP contribution in [0.5, 0.6) is 5.75 Å². The summed E-state index contributed by atoms with van der Waals surface area (Å²) in [7, 11) is 0. The maximum atomic E-state index is 12.4. The maximum Gasteiger partial charge on any atom is 0.307 e. The highest BCUT2D eigenvalue weighted by Crippen LogP contribution is 2.25. The third-order valence-corrected chi connectivity index (χ3v) is 5.01. The Morgan fingerprint density at radius 3 is 2.72 bits per heavy atom. The molecule has 0 unspecified atom stereocenters. The summed E-state index contributed by atoms with van der Waals surface area (Å²) in [6.07, 6.45) is 1.47. The molecule has 160 valence electrons. The van der Waals surface area contributed by atoms with E-state index in [-0.39, 0.29) is 11.4 Å². The Bertz CT molecular complexity index is 1320. The number of non-ortho nitro benzene ring substituents is 1. The molecule has 0 spiro atoms. The van der Waals surface area contributed by atoms with Crippen LogP contribution in [0.2, 0.25) is 0 Å². The highest BCUT2D eigenvalue weighted by atomic mass is 79.9. The van der Waals surface area contributed by atoms with Crippen LogP contribution in [0.4, 0.5) is 5.69 Å². The van der Waals surface area contributed by atoms with Gasteiger partial charge in [-0.1, -0.05) is 46.3 Å². The molecule has 3 aromatic carbocycles. The van der Waals surface area contributed by atoms with Crippen molar-refractivity contribution in [3.05, 3.63) is 104 Å². The molecule has 0 aliphatic carbocycles. The Morgan fingerprint density at radius 1 is 1.12 bits per heavy atom. The lowest BCUT2D eigenvalue weighted by atomic mass is 10.2. The van der Waals surface area contributed by atoms with Crippen LogP contribution in [0.15, 0.2) is 86.8 Å². The summed E-state index contributed by atoms with van der Waals surface area (Å²) in [5.41, 5.74) is 4.37. The largest absolute Gasteiger partial charge is 0.488 e. The zero-order valence-electron chi connectivity index (χ0n) is 16.5. The number of nitro benzene ring substituents is 1. The van der Waals surface area contributed by atoms with Gasteiger partial charge in [-0.2, -0.15) is 5.10 Å². The van der Waals surface area contributed by atoms with Crippen LogP contribution in [-0.2, 0) is 6.61 Å². The van der Waals surface area contributed by atoms with Crippen LogP contribution >= 0.6 is 15.9 Å². The summed E-state index contributed by atoms with van der Waals surface area (Å²) in [6.45, 7) is 0.390. The lowest BCUT2D eigenvalue weighted by Crippen LogP contribution is -2.16. The van der Waals surface area contributed by atoms with E-state index in [1.807, 2.05) is 48.5 Å². The number of carbonyl (C=O) groups excluding carboxylic acids is 1. The highest BCUT2D eigenvalue weighted by Gasteiger charge is 2.14. The summed E-state index contributed by atoms with van der Waals surface area (Å²) >= 11 is 3.42. The quantitative estimate of drug-likeness (QED) is 0.209. The molecular weight excluding hydrogens is 478 g/mol. The molecular formula is C23H16BrN3O5. The average Bonchev–Trinajstić information content (AvgIpc) is 3.23. The van der Waals surface area contributed by atoms with Crippen LogP contribution in [0, 0.1) is 10.1 Å². The lowest BCUT2D eigenvalue weighted by molar-refractivity contribution is -0.384. The molecule has 9 heteroatoms. The van der Waals surface area contributed by atoms with Gasteiger partial charge in [0, 0.05) is 27.6 Å². The number of hydrogen-bond acceptors (Lipinski definition) is 6. The third-order valence-electron chi connectivity index (χ3n) is 4.51. The van der Waals surface area contributed by atoms with E-state index < -0.39 is 10.8 Å². The first-order chi connectivity index (χ1) is 15.5. The fourth-order valence-electron chi connectivity index (χ4n) is 2.96. The van der Waals surface area contributed by atoms with Gasteiger partial charge in [-0.05, 0) is 35.9 Å². The minimum Gasteiger partial charge on any atom is -0.488 e.